The van der Waals surface area contributed by atoms with Gasteiger partial charge in [0.15, 0.2) is 0 Å². The molecule has 0 aliphatic carbocycles. The largest absolute Gasteiger partial charge is 0.326 e. The number of urea groups is 1. The molecule has 0 fully saturated rings. The van der Waals surface area contributed by atoms with Crippen molar-refractivity contribution in [3.8, 4) is 0 Å². The molecule has 0 spiro atoms. The molecule has 9 nitrogen and oxygen atoms in total. The van der Waals surface area contributed by atoms with Gasteiger partial charge in [-0.2, -0.15) is 0 Å². The summed E-state index contributed by atoms with van der Waals surface area (Å²) in [5.74, 6) is 11.1. The van der Waals surface area contributed by atoms with Gasteiger partial charge < -0.3 is 10.3 Å². The fourth-order valence-electron chi connectivity index (χ4n) is 3.19. The number of fused-ring (bicyclic) bond motifs is 1. The number of hydrogen-bond donors (Lipinski definition) is 3. The summed E-state index contributed by atoms with van der Waals surface area (Å²) >= 11 is 0. The van der Waals surface area contributed by atoms with Crippen LogP contribution in [0.3, 0.4) is 0 Å². The monoisotopic (exact) mass is 404 g/mol. The Hall–Kier alpha value is -2.66. The number of hydrazine groups is 2. The van der Waals surface area contributed by atoms with Crippen LogP contribution < -0.4 is 26.9 Å². The fourth-order valence-corrected chi connectivity index (χ4v) is 4.02. The lowest BCUT2D eigenvalue weighted by Gasteiger charge is -2.24. The molecular weight excluding hydrogens is 380 g/mol. The van der Waals surface area contributed by atoms with Crippen LogP contribution in [-0.4, -0.2) is 39.0 Å². The molecule has 150 valence electrons. The maximum atomic E-state index is 12.9. The summed E-state index contributed by atoms with van der Waals surface area (Å²) in [6, 6.07) is 11.4. The number of anilines is 3. The predicted molar refractivity (Wildman–Crippen MR) is 109 cm³/mol. The second kappa shape index (κ2) is 7.40. The number of nitrogens with two attached hydrogens (primary N) is 2. The van der Waals surface area contributed by atoms with E-state index in [2.05, 4.69) is 5.32 Å². The Kier molecular flexibility index (Phi) is 5.31. The van der Waals surface area contributed by atoms with Crippen LogP contribution in [0.1, 0.15) is 12.5 Å². The van der Waals surface area contributed by atoms with E-state index in [-0.39, 0.29) is 17.0 Å². The van der Waals surface area contributed by atoms with E-state index >= 15 is 0 Å². The van der Waals surface area contributed by atoms with Crippen LogP contribution in [0, 0.1) is 0 Å². The van der Waals surface area contributed by atoms with Crippen molar-refractivity contribution in [2.75, 3.05) is 29.3 Å². The van der Waals surface area contributed by atoms with Gasteiger partial charge >= 0.3 is 6.03 Å². The number of carbonyl (C=O) groups excluding carboxylic acids is 1. The van der Waals surface area contributed by atoms with Gasteiger partial charge in [0.2, 0.25) is 0 Å². The standard InChI is InChI=1S/C18H24N6O3S/c1-12-10-13-4-9-16(28(26,27)23(3)20)11-17(13)24(12)18(25)21-14-5-7-15(8-6-14)22(2)19/h4-9,11-12H,10,19-20H2,1-3H3,(H,21,25). The van der Waals surface area contributed by atoms with Crippen LogP contribution in [0.5, 0.6) is 0 Å². The van der Waals surface area contributed by atoms with E-state index in [1.165, 1.54) is 24.2 Å². The number of carbonyl (C=O) groups is 1. The van der Waals surface area contributed by atoms with Crippen LogP contribution in [0.4, 0.5) is 21.9 Å². The second-order valence-electron chi connectivity index (χ2n) is 6.82. The molecule has 0 radical (unpaired) electrons. The van der Waals surface area contributed by atoms with Crippen molar-refractivity contribution in [1.82, 2.24) is 4.41 Å². The molecule has 1 heterocycles. The highest BCUT2D eigenvalue weighted by molar-refractivity contribution is 7.89. The minimum Gasteiger partial charge on any atom is -0.314 e. The van der Waals surface area contributed by atoms with Gasteiger partial charge in [-0.1, -0.05) is 6.07 Å². The molecular formula is C18H24N6O3S. The number of rotatable bonds is 4. The first-order valence-corrected chi connectivity index (χ1v) is 10.1. The summed E-state index contributed by atoms with van der Waals surface area (Å²) in [5.41, 5.74) is 2.88. The molecule has 1 aliphatic rings. The summed E-state index contributed by atoms with van der Waals surface area (Å²) in [6.07, 6.45) is 0.637. The van der Waals surface area contributed by atoms with Crippen LogP contribution in [-0.2, 0) is 16.4 Å². The summed E-state index contributed by atoms with van der Waals surface area (Å²) in [7, 11) is -0.816. The van der Waals surface area contributed by atoms with Crippen molar-refractivity contribution in [1.29, 1.82) is 0 Å². The number of nitrogens with zero attached hydrogens (tertiary/aromatic N) is 3. The van der Waals surface area contributed by atoms with Crippen molar-refractivity contribution >= 4 is 33.1 Å². The van der Waals surface area contributed by atoms with Crippen molar-refractivity contribution in [2.45, 2.75) is 24.3 Å². The Morgan fingerprint density at radius 3 is 2.36 bits per heavy atom. The molecule has 10 heteroatoms. The number of amides is 2. The third-order valence-corrected chi connectivity index (χ3v) is 6.30. The highest BCUT2D eigenvalue weighted by Gasteiger charge is 2.32. The Morgan fingerprint density at radius 2 is 1.79 bits per heavy atom. The molecule has 1 aliphatic heterocycles. The number of sulfonamides is 1. The number of nitrogens with one attached hydrogen (secondary N) is 1. The van der Waals surface area contributed by atoms with Gasteiger partial charge in [-0.05, 0) is 55.3 Å². The molecule has 1 unspecified atom stereocenters. The van der Waals surface area contributed by atoms with Crippen molar-refractivity contribution in [2.24, 2.45) is 11.7 Å². The van der Waals surface area contributed by atoms with Gasteiger partial charge in [0.25, 0.3) is 10.0 Å². The van der Waals surface area contributed by atoms with Crippen molar-refractivity contribution < 1.29 is 13.2 Å². The molecule has 28 heavy (non-hydrogen) atoms. The Labute approximate surface area is 164 Å². The summed E-state index contributed by atoms with van der Waals surface area (Å²) in [6.45, 7) is 1.91. The van der Waals surface area contributed by atoms with Gasteiger partial charge in [0, 0.05) is 25.8 Å². The minimum absolute atomic E-state index is 0.0403. The molecule has 0 aromatic heterocycles. The Balaban J connectivity index is 1.88. The van der Waals surface area contributed by atoms with Crippen LogP contribution in [0.2, 0.25) is 0 Å². The lowest BCUT2D eigenvalue weighted by atomic mass is 10.1. The first kappa shape index (κ1) is 20.1. The topological polar surface area (TPSA) is 125 Å². The van der Waals surface area contributed by atoms with Crippen LogP contribution in [0.25, 0.3) is 0 Å². The van der Waals surface area contributed by atoms with E-state index < -0.39 is 10.0 Å². The molecule has 0 bridgehead atoms. The highest BCUT2D eigenvalue weighted by Crippen LogP contribution is 2.35. The second-order valence-corrected chi connectivity index (χ2v) is 8.82. The SMILES string of the molecule is CC1Cc2ccc(S(=O)(=O)N(C)N)cc2N1C(=O)Nc1ccc(N(C)N)cc1. The van der Waals surface area contributed by atoms with E-state index in [1.807, 2.05) is 6.92 Å². The van der Waals surface area contributed by atoms with Gasteiger partial charge in [-0.3, -0.25) is 10.7 Å². The third-order valence-electron chi connectivity index (χ3n) is 4.69. The minimum atomic E-state index is -3.80. The molecule has 0 saturated carbocycles. The fraction of sp³-hybridized carbons (Fsp3) is 0.278. The van der Waals surface area contributed by atoms with Crippen molar-refractivity contribution in [3.63, 3.8) is 0 Å². The van der Waals surface area contributed by atoms with Crippen molar-refractivity contribution in [3.05, 3.63) is 48.0 Å². The predicted octanol–water partition coefficient (Wildman–Crippen LogP) is 1.47. The van der Waals surface area contributed by atoms with Crippen LogP contribution >= 0.6 is 0 Å². The number of benzene rings is 2. The molecule has 0 saturated heterocycles. The molecule has 5 N–H and O–H groups in total. The number of hydrogen-bond acceptors (Lipinski definition) is 6. The van der Waals surface area contributed by atoms with Crippen LogP contribution in [0.15, 0.2) is 47.4 Å². The van der Waals surface area contributed by atoms with E-state index in [0.29, 0.717) is 22.2 Å². The molecule has 2 aromatic rings. The maximum Gasteiger partial charge on any atom is 0.326 e. The van der Waals surface area contributed by atoms with E-state index in [9.17, 15) is 13.2 Å². The van der Waals surface area contributed by atoms with Gasteiger partial charge in [-0.25, -0.2) is 19.1 Å². The Bertz CT molecular complexity index is 989. The van der Waals surface area contributed by atoms with E-state index in [4.69, 9.17) is 11.7 Å². The zero-order chi connectivity index (χ0) is 20.6. The lowest BCUT2D eigenvalue weighted by molar-refractivity contribution is 0.256. The first-order valence-electron chi connectivity index (χ1n) is 8.66. The first-order chi connectivity index (χ1) is 13.1. The lowest BCUT2D eigenvalue weighted by Crippen LogP contribution is -2.39. The summed E-state index contributed by atoms with van der Waals surface area (Å²) < 4.78 is 25.3. The zero-order valence-electron chi connectivity index (χ0n) is 16.0. The zero-order valence-corrected chi connectivity index (χ0v) is 16.8. The average Bonchev–Trinajstić information content (AvgIpc) is 2.96. The molecule has 1 atom stereocenters. The van der Waals surface area contributed by atoms with Gasteiger partial charge in [0.1, 0.15) is 0 Å². The Morgan fingerprint density at radius 1 is 1.14 bits per heavy atom. The summed E-state index contributed by atoms with van der Waals surface area (Å²) in [5, 5.41) is 4.32. The molecule has 2 aromatic carbocycles. The molecule has 3 rings (SSSR count). The summed E-state index contributed by atoms with van der Waals surface area (Å²) in [4.78, 5) is 14.5. The maximum absolute atomic E-state index is 12.9. The smallest absolute Gasteiger partial charge is 0.314 e. The van der Waals surface area contributed by atoms with E-state index in [0.717, 1.165) is 11.3 Å². The van der Waals surface area contributed by atoms with E-state index in [1.54, 1.807) is 42.3 Å². The highest BCUT2D eigenvalue weighted by atomic mass is 32.2. The quantitative estimate of drug-likeness (QED) is 0.523. The normalized spacial score (nSPS) is 16.2. The van der Waals surface area contributed by atoms with Gasteiger partial charge in [0.05, 0.1) is 16.3 Å². The average molecular weight is 404 g/mol. The van der Waals surface area contributed by atoms with Gasteiger partial charge in [-0.15, -0.1) is 4.41 Å². The third kappa shape index (κ3) is 3.67. The molecule has 2 amide bonds.